The van der Waals surface area contributed by atoms with Gasteiger partial charge in [-0.2, -0.15) is 0 Å². The summed E-state index contributed by atoms with van der Waals surface area (Å²) in [5.74, 6) is 1.95. The molecule has 1 spiro atoms. The molecule has 196 valence electrons. The van der Waals surface area contributed by atoms with Crippen LogP contribution in [0.15, 0.2) is 117 Å². The lowest BCUT2D eigenvalue weighted by molar-refractivity contribution is 0.228. The van der Waals surface area contributed by atoms with Gasteiger partial charge in [0.1, 0.15) is 0 Å². The van der Waals surface area contributed by atoms with Gasteiger partial charge in [-0.05, 0) is 65.4 Å². The fourth-order valence-electron chi connectivity index (χ4n) is 8.02. The Bertz CT molecular complexity index is 1470. The minimum Gasteiger partial charge on any atom is -0.293 e. The Morgan fingerprint density at radius 3 is 2.72 bits per heavy atom. The van der Waals surface area contributed by atoms with Crippen molar-refractivity contribution in [2.24, 2.45) is 34.1 Å². The van der Waals surface area contributed by atoms with Crippen molar-refractivity contribution >= 4 is 35.3 Å². The highest BCUT2D eigenvalue weighted by atomic mass is 32.2. The van der Waals surface area contributed by atoms with Gasteiger partial charge in [0.05, 0.1) is 11.7 Å². The molecule has 0 amide bonds. The topological polar surface area (TPSA) is 25.2 Å². The van der Waals surface area contributed by atoms with Gasteiger partial charge in [-0.1, -0.05) is 91.6 Å². The molecule has 39 heavy (non-hydrogen) atoms. The van der Waals surface area contributed by atoms with E-state index < -0.39 is 0 Å². The zero-order chi connectivity index (χ0) is 26.0. The summed E-state index contributed by atoms with van der Waals surface area (Å²) >= 11 is 4.23. The first kappa shape index (κ1) is 24.3. The molecule has 4 aliphatic carbocycles. The lowest BCUT2D eigenvalue weighted by Gasteiger charge is -2.59. The molecule has 0 N–H and O–H groups in total. The highest BCUT2D eigenvalue weighted by Gasteiger charge is 2.60. The standard InChI is InChI=1S/C35H34N2S2/c1-22-18-30(37-21-22)24-14-16-28-34(20-24)39-32-12-5-3-9-26(32)35(28)25-8-2-4-11-31(25)38-33-19-23(13-15-27(33)35)29-10-6-7-17-36-29/h2,4,6-17,19,21-22,24-25,27,30-31,33H,3,5,18,20H2,1H3. The quantitative estimate of drug-likeness (QED) is 0.372. The fraction of sp³-hybridized carbons (Fsp3) is 0.371. The Labute approximate surface area is 240 Å². The Hall–Kier alpha value is -2.56. The van der Waals surface area contributed by atoms with Crippen LogP contribution in [-0.2, 0) is 0 Å². The van der Waals surface area contributed by atoms with Gasteiger partial charge in [0, 0.05) is 51.0 Å². The molecule has 4 heteroatoms. The first-order valence-corrected chi connectivity index (χ1v) is 16.3. The maximum Gasteiger partial charge on any atom is 0.0699 e. The number of allylic oxidation sites excluding steroid dienone is 12. The lowest BCUT2D eigenvalue weighted by atomic mass is 9.53. The van der Waals surface area contributed by atoms with Crippen molar-refractivity contribution in [3.63, 3.8) is 0 Å². The third-order valence-corrected chi connectivity index (χ3v) is 12.4. The second-order valence-corrected chi connectivity index (χ2v) is 14.5. The van der Waals surface area contributed by atoms with Crippen LogP contribution in [0.4, 0.5) is 0 Å². The number of hydrogen-bond acceptors (Lipinski definition) is 4. The van der Waals surface area contributed by atoms with E-state index in [1.54, 1.807) is 16.1 Å². The van der Waals surface area contributed by atoms with Crippen LogP contribution in [-0.4, -0.2) is 27.7 Å². The van der Waals surface area contributed by atoms with Crippen LogP contribution in [0, 0.1) is 29.1 Å². The molecular formula is C35H34N2S2. The van der Waals surface area contributed by atoms with Gasteiger partial charge in [0.25, 0.3) is 0 Å². The van der Waals surface area contributed by atoms with Crippen LogP contribution < -0.4 is 0 Å². The van der Waals surface area contributed by atoms with Gasteiger partial charge in [0.2, 0.25) is 0 Å². The van der Waals surface area contributed by atoms with Crippen molar-refractivity contribution in [3.05, 3.63) is 118 Å². The Morgan fingerprint density at radius 2 is 1.85 bits per heavy atom. The van der Waals surface area contributed by atoms with Gasteiger partial charge in [-0.15, -0.1) is 11.8 Å². The first-order chi connectivity index (χ1) is 19.2. The molecule has 7 aliphatic rings. The van der Waals surface area contributed by atoms with Gasteiger partial charge >= 0.3 is 0 Å². The molecule has 3 aliphatic heterocycles. The third kappa shape index (κ3) is 3.78. The summed E-state index contributed by atoms with van der Waals surface area (Å²) in [6, 6.07) is 6.67. The highest BCUT2D eigenvalue weighted by molar-refractivity contribution is 8.07. The number of aromatic nitrogens is 1. The van der Waals surface area contributed by atoms with E-state index in [0.717, 1.165) is 25.0 Å². The van der Waals surface area contributed by atoms with E-state index >= 15 is 0 Å². The average molecular weight is 547 g/mol. The van der Waals surface area contributed by atoms with Crippen LogP contribution >= 0.6 is 23.5 Å². The molecule has 8 atom stereocenters. The van der Waals surface area contributed by atoms with Crippen molar-refractivity contribution < 1.29 is 0 Å². The van der Waals surface area contributed by atoms with E-state index in [1.165, 1.54) is 16.9 Å². The number of fused-ring (bicyclic) bond motifs is 7. The maximum atomic E-state index is 4.95. The van der Waals surface area contributed by atoms with Crippen molar-refractivity contribution in [2.75, 3.05) is 0 Å². The number of aliphatic imine (C=N–C) groups is 1. The number of nitrogens with zero attached hydrogens (tertiary/aromatic N) is 2. The lowest BCUT2D eigenvalue weighted by Crippen LogP contribution is -2.54. The van der Waals surface area contributed by atoms with Crippen LogP contribution in [0.2, 0.25) is 0 Å². The molecular weight excluding hydrogens is 513 g/mol. The average Bonchev–Trinajstić information content (AvgIpc) is 3.43. The first-order valence-electron chi connectivity index (χ1n) is 14.6. The maximum absolute atomic E-state index is 4.95. The molecule has 8 unspecified atom stereocenters. The van der Waals surface area contributed by atoms with Gasteiger partial charge in [0.15, 0.2) is 0 Å². The molecule has 2 nitrogen and oxygen atoms in total. The molecule has 4 heterocycles. The minimum absolute atomic E-state index is 0.0506. The molecule has 1 aromatic heterocycles. The van der Waals surface area contributed by atoms with E-state index in [1.807, 2.05) is 12.3 Å². The zero-order valence-corrected chi connectivity index (χ0v) is 24.0. The van der Waals surface area contributed by atoms with Crippen LogP contribution in [0.25, 0.3) is 5.57 Å². The monoisotopic (exact) mass is 546 g/mol. The second kappa shape index (κ2) is 9.52. The summed E-state index contributed by atoms with van der Waals surface area (Å²) in [4.78, 5) is 12.8. The predicted molar refractivity (Wildman–Crippen MR) is 168 cm³/mol. The van der Waals surface area contributed by atoms with E-state index in [-0.39, 0.29) is 5.41 Å². The number of hydrogen-bond donors (Lipinski definition) is 0. The predicted octanol–water partition coefficient (Wildman–Crippen LogP) is 8.52. The van der Waals surface area contributed by atoms with E-state index in [0.29, 0.717) is 40.2 Å². The summed E-state index contributed by atoms with van der Waals surface area (Å²) < 4.78 is 0. The van der Waals surface area contributed by atoms with Gasteiger partial charge in [-0.25, -0.2) is 0 Å². The summed E-state index contributed by atoms with van der Waals surface area (Å²) in [5, 5.41) is 0.855. The molecule has 0 aromatic carbocycles. The molecule has 1 saturated heterocycles. The number of pyridine rings is 1. The van der Waals surface area contributed by atoms with E-state index in [4.69, 9.17) is 9.98 Å². The van der Waals surface area contributed by atoms with Crippen LogP contribution in [0.5, 0.6) is 0 Å². The Balaban J connectivity index is 1.28. The smallest absolute Gasteiger partial charge is 0.0699 e. The zero-order valence-electron chi connectivity index (χ0n) is 22.3. The van der Waals surface area contributed by atoms with Gasteiger partial charge in [-0.3, -0.25) is 9.98 Å². The molecule has 1 aromatic rings. The molecule has 8 rings (SSSR count). The largest absolute Gasteiger partial charge is 0.293 e. The van der Waals surface area contributed by atoms with Crippen molar-refractivity contribution in [2.45, 2.75) is 49.1 Å². The molecule has 0 radical (unpaired) electrons. The number of thioether (sulfide) groups is 2. The van der Waals surface area contributed by atoms with Gasteiger partial charge < -0.3 is 0 Å². The summed E-state index contributed by atoms with van der Waals surface area (Å²) in [5.41, 5.74) is 5.47. The van der Waals surface area contributed by atoms with Crippen LogP contribution in [0.1, 0.15) is 38.3 Å². The normalized spacial score (nSPS) is 39.5. The van der Waals surface area contributed by atoms with Crippen molar-refractivity contribution in [1.29, 1.82) is 0 Å². The summed E-state index contributed by atoms with van der Waals surface area (Å²) in [6.45, 7) is 2.31. The number of rotatable bonds is 2. The highest BCUT2D eigenvalue weighted by Crippen LogP contribution is 2.69. The molecule has 1 fully saturated rings. The summed E-state index contributed by atoms with van der Waals surface area (Å²) in [6.07, 6.45) is 36.0. The van der Waals surface area contributed by atoms with Crippen molar-refractivity contribution in [1.82, 2.24) is 4.98 Å². The Morgan fingerprint density at radius 1 is 0.949 bits per heavy atom. The third-order valence-electron chi connectivity index (χ3n) is 9.70. The van der Waals surface area contributed by atoms with Crippen molar-refractivity contribution in [3.8, 4) is 0 Å². The molecule has 0 saturated carbocycles. The van der Waals surface area contributed by atoms with E-state index in [9.17, 15) is 0 Å². The van der Waals surface area contributed by atoms with Crippen LogP contribution in [0.3, 0.4) is 0 Å². The fourth-order valence-corrected chi connectivity index (χ4v) is 11.2. The molecule has 0 bridgehead atoms. The Kier molecular flexibility index (Phi) is 5.92. The minimum atomic E-state index is -0.0506. The second-order valence-electron chi connectivity index (χ2n) is 12.0. The van der Waals surface area contributed by atoms with E-state index in [2.05, 4.69) is 116 Å². The summed E-state index contributed by atoms with van der Waals surface area (Å²) in [7, 11) is 0. The SMILES string of the molecule is CC1C=NC(C2C=CC3=C(C2)SC2=CCCC=C2C32C3C=CC=CC3SC3C=C(c4ccccn4)C=CC32)C1.